The Morgan fingerprint density at radius 3 is 2.59 bits per heavy atom. The number of thiocarbonyl (C=S) groups is 1. The summed E-state index contributed by atoms with van der Waals surface area (Å²) >= 11 is 10.8. The second-order valence-corrected chi connectivity index (χ2v) is 6.53. The minimum Gasteiger partial charge on any atom is -0.493 e. The molecule has 0 radical (unpaired) electrons. The lowest BCUT2D eigenvalue weighted by Crippen LogP contribution is -2.09. The van der Waals surface area contributed by atoms with Gasteiger partial charge in [-0.25, -0.2) is 0 Å². The number of allylic oxidation sites excluding steroid dienone is 1. The average molecular weight is 399 g/mol. The average Bonchev–Trinajstić information content (AvgIpc) is 2.66. The first-order valence-corrected chi connectivity index (χ1v) is 8.87. The van der Waals surface area contributed by atoms with Crippen molar-refractivity contribution in [2.45, 2.75) is 13.0 Å². The Morgan fingerprint density at radius 2 is 2.04 bits per heavy atom. The van der Waals surface area contributed by atoms with Gasteiger partial charge < -0.3 is 15.2 Å². The van der Waals surface area contributed by atoms with E-state index in [0.717, 1.165) is 16.7 Å². The topological polar surface area (TPSA) is 68.3 Å². The molecule has 2 N–H and O–H groups in total. The van der Waals surface area contributed by atoms with Crippen LogP contribution in [0.5, 0.6) is 11.5 Å². The molecule has 0 bridgehead atoms. The molecular weight excluding hydrogens is 380 g/mol. The molecule has 0 saturated carbocycles. The molecule has 0 amide bonds. The van der Waals surface area contributed by atoms with Crippen molar-refractivity contribution in [3.05, 3.63) is 76.3 Å². The van der Waals surface area contributed by atoms with Crippen LogP contribution in [0.4, 0.5) is 0 Å². The van der Waals surface area contributed by atoms with E-state index in [1.165, 1.54) is 0 Å². The number of rotatable bonds is 8. The number of nitrogens with zero attached hydrogens (tertiary/aromatic N) is 1. The third-order valence-corrected chi connectivity index (χ3v) is 4.20. The summed E-state index contributed by atoms with van der Waals surface area (Å²) in [6, 6.07) is 13.1. The first-order valence-electron chi connectivity index (χ1n) is 8.09. The fourth-order valence-corrected chi connectivity index (χ4v) is 2.68. The molecule has 0 unspecified atom stereocenters. The van der Waals surface area contributed by atoms with Gasteiger partial charge in [0.2, 0.25) is 0 Å². The van der Waals surface area contributed by atoms with Crippen molar-refractivity contribution >= 4 is 34.9 Å². The van der Waals surface area contributed by atoms with Gasteiger partial charge in [-0.1, -0.05) is 42.0 Å². The number of halogens is 1. The maximum Gasteiger partial charge on any atom is 0.165 e. The summed E-state index contributed by atoms with van der Waals surface area (Å²) in [7, 11) is 1.56. The molecule has 27 heavy (non-hydrogen) atoms. The fourth-order valence-electron chi connectivity index (χ4n) is 2.45. The molecule has 0 aliphatic rings. The van der Waals surface area contributed by atoms with Gasteiger partial charge in [0.1, 0.15) is 17.7 Å². The molecule has 2 aromatic carbocycles. The molecule has 2 rings (SSSR count). The Morgan fingerprint density at radius 1 is 1.33 bits per heavy atom. The van der Waals surface area contributed by atoms with Crippen LogP contribution in [0, 0.1) is 11.3 Å². The van der Waals surface area contributed by atoms with Crippen LogP contribution in [0.1, 0.15) is 16.7 Å². The maximum atomic E-state index is 9.17. The van der Waals surface area contributed by atoms with E-state index in [1.54, 1.807) is 25.3 Å². The summed E-state index contributed by atoms with van der Waals surface area (Å²) in [5.41, 5.74) is 8.41. The molecular formula is C21H19ClN2O2S. The van der Waals surface area contributed by atoms with Crippen LogP contribution >= 0.6 is 23.8 Å². The van der Waals surface area contributed by atoms with E-state index < -0.39 is 0 Å². The number of methoxy groups -OCH3 is 1. The Kier molecular flexibility index (Phi) is 7.42. The number of ether oxygens (including phenoxy) is 2. The zero-order chi connectivity index (χ0) is 19.8. The summed E-state index contributed by atoms with van der Waals surface area (Å²) in [4.78, 5) is 0.0461. The molecule has 4 nitrogen and oxygen atoms in total. The molecule has 6 heteroatoms. The first-order chi connectivity index (χ1) is 13.0. The minimum atomic E-state index is 0.0461. The van der Waals surface area contributed by atoms with Gasteiger partial charge in [-0.2, -0.15) is 5.26 Å². The predicted molar refractivity (Wildman–Crippen MR) is 113 cm³/mol. The van der Waals surface area contributed by atoms with Crippen molar-refractivity contribution in [3.8, 4) is 17.6 Å². The third-order valence-electron chi connectivity index (χ3n) is 3.73. The zero-order valence-corrected chi connectivity index (χ0v) is 16.4. The van der Waals surface area contributed by atoms with Crippen molar-refractivity contribution in [1.29, 1.82) is 5.26 Å². The summed E-state index contributed by atoms with van der Waals surface area (Å²) in [6.45, 7) is 4.16. The highest BCUT2D eigenvalue weighted by atomic mass is 35.5. The van der Waals surface area contributed by atoms with Crippen LogP contribution in [0.25, 0.3) is 6.08 Å². The van der Waals surface area contributed by atoms with E-state index >= 15 is 0 Å². The SMILES string of the molecule is C=CCc1cc(C=C(C#N)C(N)=S)cc(OC)c1OCc1ccc(Cl)cc1. The van der Waals surface area contributed by atoms with Gasteiger partial charge in [-0.05, 0) is 47.9 Å². The molecule has 0 saturated heterocycles. The lowest BCUT2D eigenvalue weighted by Gasteiger charge is -2.16. The molecule has 0 heterocycles. The van der Waals surface area contributed by atoms with E-state index in [1.807, 2.05) is 36.4 Å². The zero-order valence-electron chi connectivity index (χ0n) is 14.9. The van der Waals surface area contributed by atoms with E-state index in [9.17, 15) is 5.26 Å². The molecule has 0 aromatic heterocycles. The highest BCUT2D eigenvalue weighted by Gasteiger charge is 2.13. The van der Waals surface area contributed by atoms with Gasteiger partial charge in [0.05, 0.1) is 12.7 Å². The smallest absolute Gasteiger partial charge is 0.165 e. The van der Waals surface area contributed by atoms with Crippen molar-refractivity contribution in [3.63, 3.8) is 0 Å². The largest absolute Gasteiger partial charge is 0.493 e. The van der Waals surface area contributed by atoms with Gasteiger partial charge >= 0.3 is 0 Å². The van der Waals surface area contributed by atoms with Crippen LogP contribution in [0.2, 0.25) is 5.02 Å². The van der Waals surface area contributed by atoms with Gasteiger partial charge in [0.25, 0.3) is 0 Å². The van der Waals surface area contributed by atoms with Crippen molar-refractivity contribution in [2.75, 3.05) is 7.11 Å². The van der Waals surface area contributed by atoms with Gasteiger partial charge in [0.15, 0.2) is 11.5 Å². The van der Waals surface area contributed by atoms with E-state index in [2.05, 4.69) is 6.58 Å². The van der Waals surface area contributed by atoms with E-state index in [4.69, 9.17) is 39.0 Å². The van der Waals surface area contributed by atoms with Gasteiger partial charge in [-0.3, -0.25) is 0 Å². The summed E-state index contributed by atoms with van der Waals surface area (Å²) < 4.78 is 11.5. The minimum absolute atomic E-state index is 0.0461. The Balaban J connectivity index is 2.40. The molecule has 0 atom stereocenters. The number of hydrogen-bond acceptors (Lipinski definition) is 4. The van der Waals surface area contributed by atoms with Crippen LogP contribution in [-0.4, -0.2) is 12.1 Å². The predicted octanol–water partition coefficient (Wildman–Crippen LogP) is 4.85. The molecule has 0 aliphatic heterocycles. The molecule has 0 fully saturated rings. The van der Waals surface area contributed by atoms with Crippen LogP contribution in [-0.2, 0) is 13.0 Å². The van der Waals surface area contributed by atoms with Crippen LogP contribution in [0.15, 0.2) is 54.6 Å². The Hall–Kier alpha value is -2.81. The summed E-state index contributed by atoms with van der Waals surface area (Å²) in [6.07, 6.45) is 3.97. The second-order valence-electron chi connectivity index (χ2n) is 5.65. The molecule has 0 aliphatic carbocycles. The number of benzene rings is 2. The van der Waals surface area contributed by atoms with E-state index in [0.29, 0.717) is 29.5 Å². The maximum absolute atomic E-state index is 9.17. The monoisotopic (exact) mass is 398 g/mol. The highest BCUT2D eigenvalue weighted by Crippen LogP contribution is 2.35. The van der Waals surface area contributed by atoms with Gasteiger partial charge in [-0.15, -0.1) is 6.58 Å². The van der Waals surface area contributed by atoms with Crippen molar-refractivity contribution in [1.82, 2.24) is 0 Å². The third kappa shape index (κ3) is 5.58. The molecule has 138 valence electrons. The normalized spacial score (nSPS) is 10.8. The summed E-state index contributed by atoms with van der Waals surface area (Å²) in [5, 5.41) is 9.85. The Bertz CT molecular complexity index is 915. The highest BCUT2D eigenvalue weighted by molar-refractivity contribution is 7.80. The summed E-state index contributed by atoms with van der Waals surface area (Å²) in [5.74, 6) is 1.17. The second kappa shape index (κ2) is 9.77. The van der Waals surface area contributed by atoms with Crippen LogP contribution in [0.3, 0.4) is 0 Å². The van der Waals surface area contributed by atoms with Gasteiger partial charge in [0, 0.05) is 10.6 Å². The van der Waals surface area contributed by atoms with Crippen LogP contribution < -0.4 is 15.2 Å². The number of hydrogen-bond donors (Lipinski definition) is 1. The molecule has 2 aromatic rings. The fraction of sp³-hybridized carbons (Fsp3) is 0.143. The van der Waals surface area contributed by atoms with Crippen molar-refractivity contribution in [2.24, 2.45) is 5.73 Å². The standard InChI is InChI=1S/C21H19ClN2O2S/c1-3-4-16-9-15(10-17(12-23)21(24)27)11-19(25-2)20(16)26-13-14-5-7-18(22)8-6-14/h3,5-11H,1,4,13H2,2H3,(H2,24,27). The Labute approximate surface area is 169 Å². The van der Waals surface area contributed by atoms with E-state index in [-0.39, 0.29) is 10.6 Å². The lowest BCUT2D eigenvalue weighted by atomic mass is 10.0. The quantitative estimate of drug-likeness (QED) is 0.298. The molecule has 0 spiro atoms. The number of nitrogens with two attached hydrogens (primary N) is 1. The van der Waals surface area contributed by atoms with Crippen molar-refractivity contribution < 1.29 is 9.47 Å². The lowest BCUT2D eigenvalue weighted by molar-refractivity contribution is 0.282. The first kappa shape index (κ1) is 20.5. The number of nitriles is 1.